The molecule has 204 valence electrons. The molecule has 0 fully saturated rings. The van der Waals surface area contributed by atoms with Gasteiger partial charge in [-0.25, -0.2) is 0 Å². The SMILES string of the molecule is Clc1ccc2oc3oc4cc(N(c5ccc(-c6ccccc6)cc5)c5ccc6sc7ccccc7c6c5)ccc4c3c2c1. The van der Waals surface area contributed by atoms with E-state index >= 15 is 0 Å². The minimum atomic E-state index is 0.509. The predicted octanol–water partition coefficient (Wildman–Crippen LogP) is 12.5. The molecule has 5 heteroatoms. The quantitative estimate of drug-likeness (QED) is 0.204. The Balaban J connectivity index is 1.23. The molecular weight excluding hydrogens is 570 g/mol. The molecule has 6 aromatic carbocycles. The van der Waals surface area contributed by atoms with Crippen LogP contribution in [0.25, 0.3) is 64.4 Å². The topological polar surface area (TPSA) is 29.5 Å². The van der Waals surface area contributed by atoms with Gasteiger partial charge in [0.15, 0.2) is 0 Å². The first-order valence-electron chi connectivity index (χ1n) is 14.1. The van der Waals surface area contributed by atoms with Gasteiger partial charge in [0, 0.05) is 59.1 Å². The lowest BCUT2D eigenvalue weighted by Gasteiger charge is -2.26. The molecule has 0 radical (unpaired) electrons. The maximum Gasteiger partial charge on any atom is 0.299 e. The van der Waals surface area contributed by atoms with Crippen molar-refractivity contribution in [1.82, 2.24) is 0 Å². The molecule has 43 heavy (non-hydrogen) atoms. The van der Waals surface area contributed by atoms with E-state index in [2.05, 4.69) is 114 Å². The molecule has 0 spiro atoms. The van der Waals surface area contributed by atoms with Crippen molar-refractivity contribution in [3.63, 3.8) is 0 Å². The number of furan rings is 2. The third-order valence-corrected chi connectivity index (χ3v) is 9.55. The zero-order valence-electron chi connectivity index (χ0n) is 22.8. The lowest BCUT2D eigenvalue weighted by molar-refractivity contribution is 0.524. The highest BCUT2D eigenvalue weighted by molar-refractivity contribution is 7.25. The molecule has 0 aliphatic rings. The number of hydrogen-bond acceptors (Lipinski definition) is 4. The van der Waals surface area contributed by atoms with E-state index in [0.717, 1.165) is 44.4 Å². The molecule has 3 heterocycles. The summed E-state index contributed by atoms with van der Waals surface area (Å²) >= 11 is 8.17. The van der Waals surface area contributed by atoms with E-state index in [1.165, 1.54) is 31.3 Å². The molecule has 0 atom stereocenters. The molecule has 0 amide bonds. The summed E-state index contributed by atoms with van der Waals surface area (Å²) in [6, 6.07) is 46.6. The molecule has 0 saturated heterocycles. The van der Waals surface area contributed by atoms with Gasteiger partial charge in [-0.05, 0) is 77.9 Å². The van der Waals surface area contributed by atoms with Crippen LogP contribution in [0.4, 0.5) is 17.1 Å². The second kappa shape index (κ2) is 9.50. The number of thiophene rings is 1. The zero-order valence-corrected chi connectivity index (χ0v) is 24.3. The van der Waals surface area contributed by atoms with Gasteiger partial charge >= 0.3 is 0 Å². The molecular formula is C38H22ClNO2S. The van der Waals surface area contributed by atoms with Crippen molar-refractivity contribution in [2.75, 3.05) is 4.90 Å². The number of hydrogen-bond donors (Lipinski definition) is 0. The smallest absolute Gasteiger partial charge is 0.299 e. The highest BCUT2D eigenvalue weighted by atomic mass is 35.5. The van der Waals surface area contributed by atoms with E-state index in [-0.39, 0.29) is 0 Å². The van der Waals surface area contributed by atoms with E-state index in [0.29, 0.717) is 10.8 Å². The summed E-state index contributed by atoms with van der Waals surface area (Å²) in [5, 5.41) is 6.10. The van der Waals surface area contributed by atoms with Crippen molar-refractivity contribution < 1.29 is 8.83 Å². The predicted molar refractivity (Wildman–Crippen MR) is 182 cm³/mol. The molecule has 0 aliphatic carbocycles. The normalized spacial score (nSPS) is 11.8. The van der Waals surface area contributed by atoms with Gasteiger partial charge in [-0.2, -0.15) is 0 Å². The number of halogens is 1. The van der Waals surface area contributed by atoms with Crippen LogP contribution in [0.15, 0.2) is 142 Å². The Morgan fingerprint density at radius 2 is 1.19 bits per heavy atom. The van der Waals surface area contributed by atoms with Crippen LogP contribution >= 0.6 is 22.9 Å². The standard InChI is InChI=1S/C38H22ClNO2S/c39-25-12-18-33-32(20-25)37-30-17-15-28(22-34(30)42-38(37)41-33)40(26-13-10-24(11-14-26)23-6-2-1-3-7-23)27-16-19-36-31(21-27)29-8-4-5-9-35(29)43-36/h1-22H. The van der Waals surface area contributed by atoms with E-state index in [1.807, 2.05) is 35.6 Å². The van der Waals surface area contributed by atoms with E-state index in [4.69, 9.17) is 20.4 Å². The number of fused-ring (bicyclic) bond motifs is 8. The lowest BCUT2D eigenvalue weighted by atomic mass is 10.0. The first-order valence-corrected chi connectivity index (χ1v) is 15.3. The minimum absolute atomic E-state index is 0.509. The zero-order chi connectivity index (χ0) is 28.5. The number of rotatable bonds is 4. The van der Waals surface area contributed by atoms with Gasteiger partial charge in [0.05, 0.1) is 5.39 Å². The lowest BCUT2D eigenvalue weighted by Crippen LogP contribution is -2.09. The van der Waals surface area contributed by atoms with Gasteiger partial charge in [-0.1, -0.05) is 72.3 Å². The van der Waals surface area contributed by atoms with Crippen molar-refractivity contribution in [3.05, 3.63) is 138 Å². The fourth-order valence-electron chi connectivity index (χ4n) is 6.15. The Hall–Kier alpha value is -5.03. The third kappa shape index (κ3) is 3.95. The number of anilines is 3. The van der Waals surface area contributed by atoms with Crippen molar-refractivity contribution in [2.45, 2.75) is 0 Å². The van der Waals surface area contributed by atoms with Crippen molar-refractivity contribution in [2.24, 2.45) is 0 Å². The third-order valence-electron chi connectivity index (χ3n) is 8.16. The number of nitrogens with zero attached hydrogens (tertiary/aromatic N) is 1. The van der Waals surface area contributed by atoms with Gasteiger partial charge in [0.2, 0.25) is 0 Å². The Kier molecular flexibility index (Phi) is 5.42. The van der Waals surface area contributed by atoms with Crippen LogP contribution in [-0.4, -0.2) is 0 Å². The second-order valence-corrected chi connectivity index (χ2v) is 12.2. The molecule has 0 saturated carbocycles. The minimum Gasteiger partial charge on any atom is -0.425 e. The van der Waals surface area contributed by atoms with E-state index in [1.54, 1.807) is 0 Å². The van der Waals surface area contributed by atoms with Crippen molar-refractivity contribution >= 4 is 93.3 Å². The Bertz CT molecular complexity index is 2470. The van der Waals surface area contributed by atoms with Gasteiger partial charge < -0.3 is 13.7 Å². The summed E-state index contributed by atoms with van der Waals surface area (Å²) in [5.74, 6) is 0.509. The summed E-state index contributed by atoms with van der Waals surface area (Å²) in [7, 11) is 0. The maximum absolute atomic E-state index is 6.34. The van der Waals surface area contributed by atoms with Crippen LogP contribution in [-0.2, 0) is 0 Å². The molecule has 9 aromatic rings. The highest BCUT2D eigenvalue weighted by Crippen LogP contribution is 2.44. The summed E-state index contributed by atoms with van der Waals surface area (Å²) in [6.07, 6.45) is 0. The van der Waals surface area contributed by atoms with E-state index in [9.17, 15) is 0 Å². The van der Waals surface area contributed by atoms with Crippen LogP contribution < -0.4 is 4.90 Å². The van der Waals surface area contributed by atoms with Gasteiger partial charge in [-0.3, -0.25) is 0 Å². The first-order chi connectivity index (χ1) is 21.2. The second-order valence-electron chi connectivity index (χ2n) is 10.7. The van der Waals surface area contributed by atoms with Crippen LogP contribution in [0.2, 0.25) is 5.02 Å². The molecule has 0 N–H and O–H groups in total. The fraction of sp³-hybridized carbons (Fsp3) is 0. The average Bonchev–Trinajstić information content (AvgIpc) is 3.71. The van der Waals surface area contributed by atoms with Crippen LogP contribution in [0.5, 0.6) is 0 Å². The molecule has 0 aliphatic heterocycles. The average molecular weight is 592 g/mol. The molecule has 0 bridgehead atoms. The Morgan fingerprint density at radius 1 is 0.488 bits per heavy atom. The molecule has 3 nitrogen and oxygen atoms in total. The van der Waals surface area contributed by atoms with Crippen LogP contribution in [0.3, 0.4) is 0 Å². The summed E-state index contributed by atoms with van der Waals surface area (Å²) in [6.45, 7) is 0. The van der Waals surface area contributed by atoms with Crippen molar-refractivity contribution in [1.29, 1.82) is 0 Å². The summed E-state index contributed by atoms with van der Waals surface area (Å²) in [5.41, 5.74) is 7.04. The summed E-state index contributed by atoms with van der Waals surface area (Å²) < 4.78 is 14.9. The van der Waals surface area contributed by atoms with Gasteiger partial charge in [0.1, 0.15) is 11.2 Å². The van der Waals surface area contributed by atoms with Gasteiger partial charge in [0.25, 0.3) is 5.78 Å². The first kappa shape index (κ1) is 24.6. The van der Waals surface area contributed by atoms with Gasteiger partial charge in [-0.15, -0.1) is 11.3 Å². The number of benzene rings is 6. The van der Waals surface area contributed by atoms with Crippen LogP contribution in [0.1, 0.15) is 0 Å². The van der Waals surface area contributed by atoms with E-state index < -0.39 is 0 Å². The summed E-state index contributed by atoms with van der Waals surface area (Å²) in [4.78, 5) is 2.29. The Morgan fingerprint density at radius 3 is 2.07 bits per heavy atom. The Labute approximate surface area is 255 Å². The monoisotopic (exact) mass is 591 g/mol. The largest absolute Gasteiger partial charge is 0.425 e. The molecule has 9 rings (SSSR count). The molecule has 3 aromatic heterocycles. The fourth-order valence-corrected chi connectivity index (χ4v) is 7.41. The highest BCUT2D eigenvalue weighted by Gasteiger charge is 2.20. The maximum atomic E-state index is 6.34. The van der Waals surface area contributed by atoms with Crippen molar-refractivity contribution in [3.8, 4) is 11.1 Å². The van der Waals surface area contributed by atoms with Crippen LogP contribution in [0, 0.1) is 0 Å². The molecule has 0 unspecified atom stereocenters.